The molecule has 0 saturated heterocycles. The number of ether oxygens (including phenoxy) is 2. The number of aromatic nitrogens is 4. The van der Waals surface area contributed by atoms with E-state index in [4.69, 9.17) is 14.6 Å². The number of pyridine rings is 1. The fourth-order valence-corrected chi connectivity index (χ4v) is 3.77. The average molecular weight is 431 g/mol. The molecule has 3 rings (SSSR count). The number of rotatable bonds is 9. The van der Waals surface area contributed by atoms with E-state index in [1.54, 1.807) is 17.8 Å². The number of hydrogen-bond donors (Lipinski definition) is 1. The van der Waals surface area contributed by atoms with E-state index in [9.17, 15) is 9.59 Å². The van der Waals surface area contributed by atoms with Crippen LogP contribution in [-0.4, -0.2) is 49.7 Å². The molecule has 0 radical (unpaired) electrons. The van der Waals surface area contributed by atoms with Crippen LogP contribution in [0.4, 0.5) is 0 Å². The topological polar surface area (TPSA) is 116 Å². The first-order valence-corrected chi connectivity index (χ1v) is 10.6. The van der Waals surface area contributed by atoms with Crippen LogP contribution >= 0.6 is 0 Å². The molecule has 168 valence electrons. The summed E-state index contributed by atoms with van der Waals surface area (Å²) >= 11 is 0. The lowest BCUT2D eigenvalue weighted by atomic mass is 10.0. The monoisotopic (exact) mass is 430 g/mol. The third kappa shape index (κ3) is 6.02. The number of carbonyl (C=O) groups excluding carboxylic acids is 1. The predicted octanol–water partition coefficient (Wildman–Crippen LogP) is 2.95. The Labute approximate surface area is 181 Å². The van der Waals surface area contributed by atoms with Crippen molar-refractivity contribution in [3.8, 4) is 17.1 Å². The van der Waals surface area contributed by atoms with Crippen molar-refractivity contribution < 1.29 is 24.2 Å². The molecule has 0 aliphatic heterocycles. The van der Waals surface area contributed by atoms with Gasteiger partial charge in [-0.1, -0.05) is 19.1 Å². The Morgan fingerprint density at radius 2 is 2.06 bits per heavy atom. The van der Waals surface area contributed by atoms with Gasteiger partial charge in [-0.3, -0.25) is 14.3 Å². The summed E-state index contributed by atoms with van der Waals surface area (Å²) in [5.41, 5.74) is 2.50. The molecule has 0 amide bonds. The second kappa shape index (κ2) is 9.89. The van der Waals surface area contributed by atoms with Crippen molar-refractivity contribution >= 4 is 11.9 Å². The van der Waals surface area contributed by atoms with E-state index in [0.717, 1.165) is 19.3 Å². The Hall–Kier alpha value is -2.97. The Bertz CT molecular complexity index is 940. The van der Waals surface area contributed by atoms with Crippen LogP contribution in [0.3, 0.4) is 0 Å². The van der Waals surface area contributed by atoms with Crippen molar-refractivity contribution in [3.05, 3.63) is 23.5 Å². The molecular weight excluding hydrogens is 400 g/mol. The molecule has 1 aliphatic carbocycles. The van der Waals surface area contributed by atoms with E-state index in [-0.39, 0.29) is 36.8 Å². The predicted molar refractivity (Wildman–Crippen MR) is 112 cm³/mol. The normalized spacial score (nSPS) is 18.4. The summed E-state index contributed by atoms with van der Waals surface area (Å²) in [5.74, 6) is 0.0123. The van der Waals surface area contributed by atoms with Gasteiger partial charge in [0.15, 0.2) is 0 Å². The van der Waals surface area contributed by atoms with Gasteiger partial charge in [0.05, 0.1) is 36.2 Å². The molecule has 0 unspecified atom stereocenters. The molecule has 1 N–H and O–H groups in total. The van der Waals surface area contributed by atoms with Gasteiger partial charge in [-0.2, -0.15) is 0 Å². The molecule has 9 heteroatoms. The standard InChI is InChI=1S/C22H30N4O5/c1-13(2)12-30-21(29)11-18-22(24-25-26(18)4)17-7-8-19(14(3)23-17)31-16-6-5-15(9-16)10-20(27)28/h7-8,13,15-16H,5-6,9-12H2,1-4H3,(H,27,28)/t15-,16-/m0/s1. The van der Waals surface area contributed by atoms with Crippen molar-refractivity contribution in [1.29, 1.82) is 0 Å². The fourth-order valence-electron chi connectivity index (χ4n) is 3.77. The summed E-state index contributed by atoms with van der Waals surface area (Å²) in [5, 5.41) is 17.2. The Morgan fingerprint density at radius 1 is 1.29 bits per heavy atom. The van der Waals surface area contributed by atoms with Crippen LogP contribution in [0.2, 0.25) is 0 Å². The third-order valence-electron chi connectivity index (χ3n) is 5.36. The maximum atomic E-state index is 12.2. The summed E-state index contributed by atoms with van der Waals surface area (Å²) in [6, 6.07) is 3.65. The molecule has 31 heavy (non-hydrogen) atoms. The molecule has 2 heterocycles. The highest BCUT2D eigenvalue weighted by Gasteiger charge is 2.28. The number of esters is 1. The lowest BCUT2D eigenvalue weighted by molar-refractivity contribution is -0.144. The molecule has 2 aromatic heterocycles. The second-order valence-electron chi connectivity index (χ2n) is 8.56. The number of aliphatic carboxylic acids is 1. The maximum absolute atomic E-state index is 12.2. The molecule has 0 aromatic carbocycles. The Kier molecular flexibility index (Phi) is 7.25. The van der Waals surface area contributed by atoms with Gasteiger partial charge in [0.25, 0.3) is 0 Å². The van der Waals surface area contributed by atoms with Crippen LogP contribution in [0, 0.1) is 18.8 Å². The van der Waals surface area contributed by atoms with Gasteiger partial charge in [0.2, 0.25) is 0 Å². The largest absolute Gasteiger partial charge is 0.489 e. The summed E-state index contributed by atoms with van der Waals surface area (Å²) in [7, 11) is 1.74. The maximum Gasteiger partial charge on any atom is 0.311 e. The van der Waals surface area contributed by atoms with Crippen LogP contribution in [-0.2, 0) is 27.8 Å². The lowest BCUT2D eigenvalue weighted by Gasteiger charge is -2.16. The number of carbonyl (C=O) groups is 2. The van der Waals surface area contributed by atoms with Gasteiger partial charge >= 0.3 is 11.9 Å². The molecule has 0 bridgehead atoms. The molecule has 9 nitrogen and oxygen atoms in total. The van der Waals surface area contributed by atoms with Gasteiger partial charge < -0.3 is 14.6 Å². The van der Waals surface area contributed by atoms with Gasteiger partial charge in [-0.25, -0.2) is 4.98 Å². The minimum Gasteiger partial charge on any atom is -0.489 e. The van der Waals surface area contributed by atoms with Crippen LogP contribution in [0.1, 0.15) is 50.9 Å². The first kappa shape index (κ1) is 22.7. The van der Waals surface area contributed by atoms with Crippen molar-refractivity contribution in [2.24, 2.45) is 18.9 Å². The number of carboxylic acid groups (broad SMARTS) is 1. The molecule has 1 aliphatic rings. The van der Waals surface area contributed by atoms with Gasteiger partial charge in [0, 0.05) is 13.5 Å². The van der Waals surface area contributed by atoms with Crippen LogP contribution in [0.15, 0.2) is 12.1 Å². The van der Waals surface area contributed by atoms with E-state index in [0.29, 0.717) is 35.1 Å². The zero-order valence-electron chi connectivity index (χ0n) is 18.5. The summed E-state index contributed by atoms with van der Waals surface area (Å²) in [6.45, 7) is 6.20. The van der Waals surface area contributed by atoms with Crippen LogP contribution in [0.25, 0.3) is 11.4 Å². The van der Waals surface area contributed by atoms with E-state index in [1.165, 1.54) is 0 Å². The first-order chi connectivity index (χ1) is 14.7. The highest BCUT2D eigenvalue weighted by molar-refractivity contribution is 5.75. The molecule has 1 fully saturated rings. The SMILES string of the molecule is Cc1nc(-c2nnn(C)c2CC(=O)OCC(C)C)ccc1O[C@H]1CC[C@H](CC(=O)O)C1. The second-order valence-corrected chi connectivity index (χ2v) is 8.56. The summed E-state index contributed by atoms with van der Waals surface area (Å²) < 4.78 is 12.9. The molecule has 0 spiro atoms. The molecular formula is C22H30N4O5. The van der Waals surface area contributed by atoms with Gasteiger partial charge in [0.1, 0.15) is 11.4 Å². The fraction of sp³-hybridized carbons (Fsp3) is 0.591. The van der Waals surface area contributed by atoms with Crippen LogP contribution < -0.4 is 4.74 Å². The van der Waals surface area contributed by atoms with Gasteiger partial charge in [-0.05, 0) is 50.2 Å². The van der Waals surface area contributed by atoms with Crippen molar-refractivity contribution in [3.63, 3.8) is 0 Å². The third-order valence-corrected chi connectivity index (χ3v) is 5.36. The smallest absolute Gasteiger partial charge is 0.311 e. The molecule has 2 atom stereocenters. The number of nitrogens with zero attached hydrogens (tertiary/aromatic N) is 4. The zero-order chi connectivity index (χ0) is 22.5. The summed E-state index contributed by atoms with van der Waals surface area (Å²) in [4.78, 5) is 27.7. The Morgan fingerprint density at radius 3 is 2.74 bits per heavy atom. The highest BCUT2D eigenvalue weighted by Crippen LogP contribution is 2.33. The first-order valence-electron chi connectivity index (χ1n) is 10.6. The van der Waals surface area contributed by atoms with Crippen LogP contribution in [0.5, 0.6) is 5.75 Å². The minimum atomic E-state index is -0.763. The highest BCUT2D eigenvalue weighted by atomic mass is 16.5. The summed E-state index contributed by atoms with van der Waals surface area (Å²) in [6.07, 6.45) is 2.69. The van der Waals surface area contributed by atoms with E-state index < -0.39 is 5.97 Å². The van der Waals surface area contributed by atoms with Crippen molar-refractivity contribution in [2.75, 3.05) is 6.61 Å². The van der Waals surface area contributed by atoms with Gasteiger partial charge in [-0.15, -0.1) is 5.10 Å². The average Bonchev–Trinajstić information content (AvgIpc) is 3.28. The number of carboxylic acids is 1. The quantitative estimate of drug-likeness (QED) is 0.604. The van der Waals surface area contributed by atoms with E-state index in [2.05, 4.69) is 15.3 Å². The minimum absolute atomic E-state index is 0.00138. The van der Waals surface area contributed by atoms with Crippen molar-refractivity contribution in [1.82, 2.24) is 20.0 Å². The zero-order valence-corrected chi connectivity index (χ0v) is 18.5. The van der Waals surface area contributed by atoms with E-state index >= 15 is 0 Å². The van der Waals surface area contributed by atoms with E-state index in [1.807, 2.05) is 26.8 Å². The van der Waals surface area contributed by atoms with Crippen molar-refractivity contribution in [2.45, 2.75) is 59.0 Å². The molecule has 2 aromatic rings. The number of hydrogen-bond acceptors (Lipinski definition) is 7. The number of aryl methyl sites for hydroxylation is 2. The molecule has 1 saturated carbocycles. The lowest BCUT2D eigenvalue weighted by Crippen LogP contribution is -2.15. The Balaban J connectivity index is 1.69.